The largest absolute Gasteiger partial charge is 0.508 e. The maximum atomic E-state index is 13.3. The van der Waals surface area contributed by atoms with Gasteiger partial charge < -0.3 is 21.1 Å². The molecule has 3 fully saturated rings. The smallest absolute Gasteiger partial charge is 0.373 e. The normalized spacial score (nSPS) is 15.3. The quantitative estimate of drug-likeness (QED) is 0.0497. The molecule has 0 aliphatic carbocycles. The summed E-state index contributed by atoms with van der Waals surface area (Å²) >= 11 is 3.50. The summed E-state index contributed by atoms with van der Waals surface area (Å²) in [4.78, 5) is 65.2. The van der Waals surface area contributed by atoms with E-state index >= 15 is 0 Å². The summed E-state index contributed by atoms with van der Waals surface area (Å²) in [6.07, 6.45) is 17.5. The number of rotatable bonds is 22. The molecule has 16 nitrogen and oxygen atoms in total. The van der Waals surface area contributed by atoms with Gasteiger partial charge in [-0.05, 0) is 189 Å². The molecule has 9 aromatic rings. The average Bonchev–Trinajstić information content (AvgIpc) is 1.09. The Hall–Kier alpha value is -8.74. The van der Waals surface area contributed by atoms with E-state index in [1.54, 1.807) is 18.3 Å². The third kappa shape index (κ3) is 25.8. The van der Waals surface area contributed by atoms with Gasteiger partial charge in [0.25, 0.3) is 0 Å². The molecule has 3 aliphatic rings. The molecule has 19 heteroatoms. The number of halogens is 3. The third-order valence-electron chi connectivity index (χ3n) is 17.2. The van der Waals surface area contributed by atoms with Gasteiger partial charge in [0, 0.05) is 131 Å². The van der Waals surface area contributed by atoms with E-state index in [9.17, 15) is 13.9 Å². The zero-order chi connectivity index (χ0) is 67.5. The van der Waals surface area contributed by atoms with Gasteiger partial charge in [0.2, 0.25) is 0 Å². The van der Waals surface area contributed by atoms with Crippen molar-refractivity contribution >= 4 is 28.2 Å². The summed E-state index contributed by atoms with van der Waals surface area (Å²) in [6, 6.07) is 51.7. The third-order valence-corrected chi connectivity index (χ3v) is 17.7. The van der Waals surface area contributed by atoms with Crippen molar-refractivity contribution in [3.05, 3.63) is 243 Å². The number of nitrogens with zero attached hydrogens (tertiary/aromatic N) is 8. The Morgan fingerprint density at radius 3 is 1.31 bits per heavy atom. The number of phenolic OH excluding ortho intramolecular Hbond substituents is 1. The first kappa shape index (κ1) is 73.1. The standard InChI is InChI=1S/C27H32BrN3.C24H26F2N4.C24H28N4O.2CO2/c1-20-19-29-16-14-23(20)11-8-22-5-2-6-24(18-22)26-15-17-30-27(31-26)7-3-4-21-9-12-25(28)13-10-21;25-21-14-18(15-22(26)16-21)3-2-6-24-28-8-7-23(29-24)20-5-1-4-19(13-20)17-30-11-9-27-10-12-30;29-22-9-7-19(8-10-22)3-2-6-24-26-12-11-23(27-24)21-5-1-4-20(17-21)18-28-15-13-25-14-16-28;2*2-1-3/h2,5-6,9-10,12-13,15,17-18,20,23,29H,3-4,7-8,11,14,16,19H2,1H3;1,4-5,7-8,13-16,27H,2-3,6,9-12,17H2;1,4-5,7-12,17,25,29H,2-3,6,13-16,18H2;;/t20-,23+;;;;/m0..../s1. The van der Waals surface area contributed by atoms with Crippen LogP contribution in [0.1, 0.15) is 89.9 Å². The van der Waals surface area contributed by atoms with Crippen molar-refractivity contribution in [3.8, 4) is 39.5 Å². The fourth-order valence-corrected chi connectivity index (χ4v) is 12.4. The Morgan fingerprint density at radius 2 is 0.875 bits per heavy atom. The second-order valence-corrected chi connectivity index (χ2v) is 25.2. The van der Waals surface area contributed by atoms with Gasteiger partial charge in [0.05, 0.1) is 17.1 Å². The molecule has 0 amide bonds. The predicted molar refractivity (Wildman–Crippen MR) is 372 cm³/mol. The highest BCUT2D eigenvalue weighted by Gasteiger charge is 2.21. The number of aromatic hydroxyl groups is 1. The molecule has 0 radical (unpaired) electrons. The van der Waals surface area contributed by atoms with Gasteiger partial charge in [0.1, 0.15) is 34.9 Å². The Balaban J connectivity index is 0.000000177. The van der Waals surface area contributed by atoms with Crippen molar-refractivity contribution < 1.29 is 33.1 Å². The maximum absolute atomic E-state index is 13.3. The fraction of sp³-hybridized carbons (Fsp3) is 0.351. The highest BCUT2D eigenvalue weighted by Crippen LogP contribution is 2.27. The SMILES string of the molecule is C[C@H]1CNCC[C@H]1CCc1cccc(-c2ccnc(CCCc3ccc(Br)cc3)n2)c1.Fc1cc(F)cc(CCCc2nccc(-c3cccc(CN4CCNCC4)c3)n2)c1.O=C=O.O=C=O.Oc1ccc(CCCc2nccc(-c3cccc(CN4CCNCC4)c3)n2)cc1. The number of piperidine rings is 1. The van der Waals surface area contributed by atoms with Crippen LogP contribution in [0.15, 0.2) is 181 Å². The number of nitrogens with one attached hydrogen (secondary N) is 3. The molecule has 3 aromatic heterocycles. The van der Waals surface area contributed by atoms with Crippen LogP contribution in [-0.4, -0.2) is 123 Å². The Bertz CT molecular complexity index is 3830. The van der Waals surface area contributed by atoms with Gasteiger partial charge >= 0.3 is 12.3 Å². The molecule has 3 saturated heterocycles. The molecule has 500 valence electrons. The highest BCUT2D eigenvalue weighted by atomic mass is 79.9. The Kier molecular flexibility index (Phi) is 30.9. The number of piperazine rings is 2. The molecular weight excluding hydrogens is 1280 g/mol. The Morgan fingerprint density at radius 1 is 0.469 bits per heavy atom. The van der Waals surface area contributed by atoms with Crippen molar-refractivity contribution in [1.82, 2.24) is 55.7 Å². The second kappa shape index (κ2) is 40.6. The Labute approximate surface area is 571 Å². The van der Waals surface area contributed by atoms with Crippen molar-refractivity contribution in [2.45, 2.75) is 97.1 Å². The van der Waals surface area contributed by atoms with Crippen molar-refractivity contribution in [3.63, 3.8) is 0 Å². The molecule has 0 saturated carbocycles. The molecule has 4 N–H and O–H groups in total. The monoisotopic (exact) mass is 1360 g/mol. The van der Waals surface area contributed by atoms with E-state index in [1.807, 2.05) is 42.7 Å². The van der Waals surface area contributed by atoms with Crippen LogP contribution >= 0.6 is 15.9 Å². The van der Waals surface area contributed by atoms with E-state index in [-0.39, 0.29) is 12.3 Å². The van der Waals surface area contributed by atoms with Crippen LogP contribution in [0.3, 0.4) is 0 Å². The van der Waals surface area contributed by atoms with E-state index < -0.39 is 11.6 Å². The van der Waals surface area contributed by atoms with Gasteiger partial charge in [0.15, 0.2) is 0 Å². The van der Waals surface area contributed by atoms with Crippen LogP contribution in [-0.2, 0) is 77.2 Å². The van der Waals surface area contributed by atoms with Gasteiger partial charge in [-0.1, -0.05) is 102 Å². The molecule has 12 rings (SSSR count). The number of carbonyl (C=O) groups excluding carboxylic acids is 4. The molecule has 0 bridgehead atoms. The summed E-state index contributed by atoms with van der Waals surface area (Å²) in [5.74, 6) is 3.41. The molecule has 0 unspecified atom stereocenters. The topological polar surface area (TPSA) is 208 Å². The summed E-state index contributed by atoms with van der Waals surface area (Å²) < 4.78 is 27.8. The van der Waals surface area contributed by atoms with Crippen LogP contribution in [0.4, 0.5) is 8.78 Å². The van der Waals surface area contributed by atoms with E-state index in [0.29, 0.717) is 24.2 Å². The number of aryl methyl sites for hydroxylation is 7. The van der Waals surface area contributed by atoms with Crippen molar-refractivity contribution in [2.24, 2.45) is 11.8 Å². The zero-order valence-electron chi connectivity index (χ0n) is 54.7. The van der Waals surface area contributed by atoms with Crippen LogP contribution in [0.2, 0.25) is 0 Å². The maximum Gasteiger partial charge on any atom is 0.373 e. The first-order valence-electron chi connectivity index (χ1n) is 33.2. The van der Waals surface area contributed by atoms with Gasteiger partial charge in [-0.2, -0.15) is 19.2 Å². The van der Waals surface area contributed by atoms with E-state index in [0.717, 1.165) is 191 Å². The van der Waals surface area contributed by atoms with E-state index in [4.69, 9.17) is 34.1 Å². The fourth-order valence-electron chi connectivity index (χ4n) is 12.1. The molecule has 96 heavy (non-hydrogen) atoms. The molecule has 2 atom stereocenters. The summed E-state index contributed by atoms with van der Waals surface area (Å²) in [7, 11) is 0. The molecular formula is C77H86BrF2N11O5. The van der Waals surface area contributed by atoms with Crippen LogP contribution in [0.5, 0.6) is 5.75 Å². The summed E-state index contributed by atoms with van der Waals surface area (Å²) in [5.41, 5.74) is 13.6. The minimum atomic E-state index is -0.538. The van der Waals surface area contributed by atoms with E-state index in [2.05, 4.69) is 161 Å². The highest BCUT2D eigenvalue weighted by molar-refractivity contribution is 9.10. The number of benzene rings is 6. The first-order valence-corrected chi connectivity index (χ1v) is 34.0. The lowest BCUT2D eigenvalue weighted by molar-refractivity contribution is -0.193. The van der Waals surface area contributed by atoms with Crippen LogP contribution in [0.25, 0.3) is 33.8 Å². The van der Waals surface area contributed by atoms with Crippen LogP contribution < -0.4 is 16.0 Å². The lowest BCUT2D eigenvalue weighted by Crippen LogP contribution is -2.42. The van der Waals surface area contributed by atoms with Crippen LogP contribution in [0, 0.1) is 23.5 Å². The summed E-state index contributed by atoms with van der Waals surface area (Å²) in [6.45, 7) is 15.2. The van der Waals surface area contributed by atoms with Gasteiger partial charge in [-0.25, -0.2) is 38.7 Å². The predicted octanol–water partition coefficient (Wildman–Crippen LogP) is 12.5. The first-order chi connectivity index (χ1) is 46.9. The molecule has 3 aliphatic heterocycles. The lowest BCUT2D eigenvalue weighted by atomic mass is 9.83. The molecule has 6 aromatic carbocycles. The van der Waals surface area contributed by atoms with Crippen molar-refractivity contribution in [1.29, 1.82) is 0 Å². The number of hydrogen-bond acceptors (Lipinski definition) is 16. The average molecular weight is 1360 g/mol. The van der Waals surface area contributed by atoms with E-state index in [1.165, 1.54) is 64.9 Å². The lowest BCUT2D eigenvalue weighted by Gasteiger charge is -2.29. The zero-order valence-corrected chi connectivity index (χ0v) is 56.2. The number of phenols is 1. The van der Waals surface area contributed by atoms with Gasteiger partial charge in [-0.3, -0.25) is 9.80 Å². The minimum Gasteiger partial charge on any atom is -0.508 e. The number of hydrogen-bond donors (Lipinski definition) is 4. The van der Waals surface area contributed by atoms with Gasteiger partial charge in [-0.15, -0.1) is 0 Å². The minimum absolute atomic E-state index is 0.250. The molecule has 0 spiro atoms. The van der Waals surface area contributed by atoms with Crippen molar-refractivity contribution in [2.75, 3.05) is 65.4 Å². The number of aromatic nitrogens is 6. The molecule has 6 heterocycles. The summed E-state index contributed by atoms with van der Waals surface area (Å²) in [5, 5.41) is 19.7. The second-order valence-electron chi connectivity index (χ2n) is 24.3.